The zero-order chi connectivity index (χ0) is 9.52. The fourth-order valence-corrected chi connectivity index (χ4v) is 1.41. The van der Waals surface area contributed by atoms with E-state index < -0.39 is 0 Å². The van der Waals surface area contributed by atoms with E-state index in [2.05, 4.69) is 31.2 Å². The first-order valence-corrected chi connectivity index (χ1v) is 4.94. The zero-order valence-corrected chi connectivity index (χ0v) is 8.13. The predicted molar refractivity (Wildman–Crippen MR) is 57.5 cm³/mol. The van der Waals surface area contributed by atoms with Crippen LogP contribution in [0.25, 0.3) is 0 Å². The highest BCUT2D eigenvalue weighted by molar-refractivity contribution is 5.23. The third-order valence-electron chi connectivity index (χ3n) is 2.20. The van der Waals surface area contributed by atoms with E-state index in [1.54, 1.807) is 0 Å². The molecule has 1 rings (SSSR count). The Morgan fingerprint density at radius 2 is 1.92 bits per heavy atom. The second-order valence-corrected chi connectivity index (χ2v) is 3.32. The molecule has 2 N–H and O–H groups in total. The van der Waals surface area contributed by atoms with Gasteiger partial charge in [0.15, 0.2) is 0 Å². The highest BCUT2D eigenvalue weighted by Crippen LogP contribution is 2.08. The van der Waals surface area contributed by atoms with Crippen molar-refractivity contribution in [2.45, 2.75) is 25.7 Å². The van der Waals surface area contributed by atoms with Gasteiger partial charge in [-0.15, -0.1) is 0 Å². The van der Waals surface area contributed by atoms with E-state index in [1.807, 2.05) is 0 Å². The van der Waals surface area contributed by atoms with E-state index in [0.29, 0.717) is 0 Å². The molecule has 13 heavy (non-hydrogen) atoms. The molecule has 1 heteroatoms. The first-order chi connectivity index (χ1) is 6.36. The number of aryl methyl sites for hydroxylation is 1. The molecule has 1 nitrogen and oxygen atoms in total. The van der Waals surface area contributed by atoms with Gasteiger partial charge >= 0.3 is 0 Å². The minimum absolute atomic E-state index is 0.801. The number of rotatable bonds is 5. The number of benzene rings is 1. The first kappa shape index (κ1) is 10.3. The minimum Gasteiger partial charge on any atom is -0.330 e. The van der Waals surface area contributed by atoms with Crippen LogP contribution >= 0.6 is 0 Å². The lowest BCUT2D eigenvalue weighted by molar-refractivity contribution is 0.744. The van der Waals surface area contributed by atoms with E-state index in [4.69, 9.17) is 5.73 Å². The van der Waals surface area contributed by atoms with Crippen LogP contribution in [0.2, 0.25) is 0 Å². The summed E-state index contributed by atoms with van der Waals surface area (Å²) in [4.78, 5) is 0. The van der Waals surface area contributed by atoms with Gasteiger partial charge in [-0.25, -0.2) is 0 Å². The first-order valence-electron chi connectivity index (χ1n) is 4.94. The van der Waals surface area contributed by atoms with E-state index in [9.17, 15) is 0 Å². The number of unbranched alkanes of at least 4 members (excludes halogenated alkanes) is 1. The van der Waals surface area contributed by atoms with Crippen molar-refractivity contribution in [2.75, 3.05) is 6.54 Å². The van der Waals surface area contributed by atoms with Crippen molar-refractivity contribution in [1.82, 2.24) is 0 Å². The Balaban J connectivity index is 2.46. The van der Waals surface area contributed by atoms with Crippen LogP contribution in [0, 0.1) is 6.92 Å². The highest BCUT2D eigenvalue weighted by atomic mass is 14.5. The number of nitrogens with two attached hydrogens (primary N) is 1. The molecule has 0 fully saturated rings. The summed E-state index contributed by atoms with van der Waals surface area (Å²) >= 11 is 0. The third kappa shape index (κ3) is 3.60. The molecule has 0 unspecified atom stereocenters. The maximum absolute atomic E-state index is 5.44. The molecular weight excluding hydrogens is 158 g/mol. The Morgan fingerprint density at radius 1 is 1.15 bits per heavy atom. The average Bonchev–Trinajstić information content (AvgIpc) is 2.19. The van der Waals surface area contributed by atoms with E-state index in [1.165, 1.54) is 17.5 Å². The van der Waals surface area contributed by atoms with Gasteiger partial charge in [-0.05, 0) is 50.3 Å². The summed E-state index contributed by atoms with van der Waals surface area (Å²) in [5.74, 6) is 0. The van der Waals surface area contributed by atoms with Gasteiger partial charge in [0, 0.05) is 0 Å². The Morgan fingerprint density at radius 3 is 2.62 bits per heavy atom. The molecule has 0 atom stereocenters. The molecule has 71 valence electrons. The normalized spacial score (nSPS) is 10.3. The molecule has 1 aromatic rings. The topological polar surface area (TPSA) is 26.0 Å². The lowest BCUT2D eigenvalue weighted by Gasteiger charge is -2.02. The maximum atomic E-state index is 5.44. The molecule has 0 amide bonds. The summed E-state index contributed by atoms with van der Waals surface area (Å²) in [6, 6.07) is 8.65. The lowest BCUT2D eigenvalue weighted by Crippen LogP contribution is -1.99. The van der Waals surface area contributed by atoms with E-state index in [-0.39, 0.29) is 0 Å². The molecule has 0 saturated heterocycles. The standard InChI is InChI=1S/C12H18N/c1-2-11-7-5-8-12(10-11)6-3-4-9-13/h5,7-8,10H,1-4,6,9,13H2. The average molecular weight is 176 g/mol. The molecule has 0 aliphatic rings. The van der Waals surface area contributed by atoms with Crippen molar-refractivity contribution in [3.8, 4) is 0 Å². The summed E-state index contributed by atoms with van der Waals surface area (Å²) in [6.45, 7) is 4.67. The molecule has 0 saturated carbocycles. The minimum atomic E-state index is 0.801. The molecule has 0 spiro atoms. The molecular formula is C12H18N. The molecule has 0 heterocycles. The van der Waals surface area contributed by atoms with Gasteiger partial charge in [-0.1, -0.05) is 24.3 Å². The van der Waals surface area contributed by atoms with Crippen LogP contribution in [0.1, 0.15) is 24.0 Å². The second kappa shape index (κ2) is 5.76. The molecule has 1 aromatic carbocycles. The van der Waals surface area contributed by atoms with Gasteiger partial charge in [0.05, 0.1) is 0 Å². The smallest absolute Gasteiger partial charge is 0.00772 e. The Kier molecular flexibility index (Phi) is 4.55. The van der Waals surface area contributed by atoms with Gasteiger partial charge in [0.1, 0.15) is 0 Å². The number of hydrogen-bond acceptors (Lipinski definition) is 1. The van der Waals surface area contributed by atoms with Gasteiger partial charge in [-0.2, -0.15) is 0 Å². The quantitative estimate of drug-likeness (QED) is 0.685. The Labute approximate surface area is 81.0 Å². The summed E-state index contributed by atoms with van der Waals surface area (Å²) in [6.07, 6.45) is 4.33. The zero-order valence-electron chi connectivity index (χ0n) is 8.13. The predicted octanol–water partition coefficient (Wildman–Crippen LogP) is 2.34. The van der Waals surface area contributed by atoms with Crippen molar-refractivity contribution >= 4 is 0 Å². The lowest BCUT2D eigenvalue weighted by atomic mass is 10.0. The van der Waals surface area contributed by atoms with Crippen LogP contribution in [0.4, 0.5) is 0 Å². The molecule has 0 aliphatic carbocycles. The number of hydrogen-bond donors (Lipinski definition) is 1. The van der Waals surface area contributed by atoms with Crippen molar-refractivity contribution in [1.29, 1.82) is 0 Å². The van der Waals surface area contributed by atoms with Crippen LogP contribution in [-0.4, -0.2) is 6.54 Å². The van der Waals surface area contributed by atoms with Gasteiger partial charge < -0.3 is 5.73 Å². The Hall–Kier alpha value is -0.820. The van der Waals surface area contributed by atoms with Gasteiger partial charge in [-0.3, -0.25) is 0 Å². The largest absolute Gasteiger partial charge is 0.330 e. The van der Waals surface area contributed by atoms with Crippen molar-refractivity contribution < 1.29 is 0 Å². The van der Waals surface area contributed by atoms with Crippen LogP contribution < -0.4 is 5.73 Å². The summed E-state index contributed by atoms with van der Waals surface area (Å²) < 4.78 is 0. The molecule has 0 aliphatic heterocycles. The van der Waals surface area contributed by atoms with Crippen molar-refractivity contribution in [3.05, 3.63) is 42.3 Å². The van der Waals surface area contributed by atoms with Crippen molar-refractivity contribution in [3.63, 3.8) is 0 Å². The summed E-state index contributed by atoms with van der Waals surface area (Å²) in [5.41, 5.74) is 8.17. The van der Waals surface area contributed by atoms with Gasteiger partial charge in [0.25, 0.3) is 0 Å². The second-order valence-electron chi connectivity index (χ2n) is 3.32. The van der Waals surface area contributed by atoms with Crippen LogP contribution in [-0.2, 0) is 12.8 Å². The van der Waals surface area contributed by atoms with Crippen molar-refractivity contribution in [2.24, 2.45) is 5.73 Å². The van der Waals surface area contributed by atoms with Crippen LogP contribution in [0.5, 0.6) is 0 Å². The van der Waals surface area contributed by atoms with E-state index in [0.717, 1.165) is 25.8 Å². The molecule has 0 bridgehead atoms. The SMILES string of the molecule is [CH2]Cc1cccc(CCCCN)c1. The molecule has 1 radical (unpaired) electrons. The summed E-state index contributed by atoms with van der Waals surface area (Å²) in [7, 11) is 0. The Bertz CT molecular complexity index is 243. The summed E-state index contributed by atoms with van der Waals surface area (Å²) in [5, 5.41) is 0. The highest BCUT2D eigenvalue weighted by Gasteiger charge is 1.94. The third-order valence-corrected chi connectivity index (χ3v) is 2.20. The maximum Gasteiger partial charge on any atom is -0.00772 e. The van der Waals surface area contributed by atoms with Crippen LogP contribution in [0.3, 0.4) is 0 Å². The fraction of sp³-hybridized carbons (Fsp3) is 0.417. The van der Waals surface area contributed by atoms with Gasteiger partial charge in [0.2, 0.25) is 0 Å². The monoisotopic (exact) mass is 176 g/mol. The van der Waals surface area contributed by atoms with Crippen LogP contribution in [0.15, 0.2) is 24.3 Å². The van der Waals surface area contributed by atoms with E-state index >= 15 is 0 Å². The molecule has 0 aromatic heterocycles. The fourth-order valence-electron chi connectivity index (χ4n) is 1.41.